The lowest BCUT2D eigenvalue weighted by molar-refractivity contribution is -0.251. The minimum absolute atomic E-state index is 0.0124. The average molecular weight is 805 g/mol. The van der Waals surface area contributed by atoms with Crippen molar-refractivity contribution in [3.8, 4) is 11.5 Å². The molecule has 0 unspecified atom stereocenters. The number of allylic oxidation sites excluding steroid dienone is 1. The van der Waals surface area contributed by atoms with Crippen LogP contribution in [0.4, 0.5) is 4.79 Å². The summed E-state index contributed by atoms with van der Waals surface area (Å²) < 4.78 is 52.0. The lowest BCUT2D eigenvalue weighted by Crippen LogP contribution is -2.70. The molecule has 13 nitrogen and oxygen atoms in total. The van der Waals surface area contributed by atoms with Crippen LogP contribution in [0.1, 0.15) is 76.7 Å². The van der Waals surface area contributed by atoms with E-state index in [-0.39, 0.29) is 55.4 Å². The van der Waals surface area contributed by atoms with Crippen molar-refractivity contribution in [3.05, 3.63) is 84.6 Å². The third-order valence-corrected chi connectivity index (χ3v) is 13.3. The number of carbonyl (C=O) groups excluding carboxylic acids is 1. The fourth-order valence-electron chi connectivity index (χ4n) is 9.16. The standard InChI is InChI=1S/C43H56N4O9S/c1-5-22-47(57(51,52)37-18-12-15-29-16-13-21-45-41(29)37)38-28-35(46-53-4)33-26-30(14-8-10-23-48)32(17-9-11-24-49)39-34-27-31(55-42(50)44-7-3)19-20-36(34)56-43(38,40(33)39)54-25-6-2/h6,12-13,15-16,18-21,26-27,30,32,38-40,48-49H,2,5,7-11,14,17,22-25,28H2,1,3-4H3,(H,44,50)/t30-,32+,38-,39+,40+,43+/m0/s1. The van der Waals surface area contributed by atoms with E-state index in [0.717, 1.165) is 36.8 Å². The van der Waals surface area contributed by atoms with Crippen LogP contribution in [0.15, 0.2) is 89.1 Å². The number of rotatable bonds is 19. The van der Waals surface area contributed by atoms with Gasteiger partial charge in [0, 0.05) is 55.8 Å². The number of aromatic nitrogens is 1. The van der Waals surface area contributed by atoms with Crippen LogP contribution < -0.4 is 14.8 Å². The summed E-state index contributed by atoms with van der Waals surface area (Å²) in [5.41, 5.74) is 2.59. The number of amides is 1. The van der Waals surface area contributed by atoms with E-state index in [1.54, 1.807) is 42.6 Å². The predicted octanol–water partition coefficient (Wildman–Crippen LogP) is 6.71. The Morgan fingerprint density at radius 3 is 2.60 bits per heavy atom. The molecule has 2 heterocycles. The molecule has 6 rings (SSSR count). The summed E-state index contributed by atoms with van der Waals surface area (Å²) >= 11 is 0. The zero-order valence-corrected chi connectivity index (χ0v) is 34.0. The molecule has 57 heavy (non-hydrogen) atoms. The van der Waals surface area contributed by atoms with Gasteiger partial charge in [-0.1, -0.05) is 55.3 Å². The first-order valence-corrected chi connectivity index (χ1v) is 21.6. The van der Waals surface area contributed by atoms with E-state index in [2.05, 4.69) is 28.1 Å². The summed E-state index contributed by atoms with van der Waals surface area (Å²) in [6.07, 6.45) is 9.76. The first-order chi connectivity index (χ1) is 27.7. The topological polar surface area (TPSA) is 169 Å². The Hall–Kier alpha value is -4.34. The van der Waals surface area contributed by atoms with E-state index in [1.807, 2.05) is 32.0 Å². The van der Waals surface area contributed by atoms with Crippen molar-refractivity contribution < 1.29 is 42.5 Å². The van der Waals surface area contributed by atoms with E-state index >= 15 is 8.42 Å². The van der Waals surface area contributed by atoms with Crippen molar-refractivity contribution >= 4 is 32.7 Å². The summed E-state index contributed by atoms with van der Waals surface area (Å²) in [5.74, 6) is -1.74. The number of nitrogens with zero attached hydrogens (tertiary/aromatic N) is 3. The molecule has 3 aromatic rings. The van der Waals surface area contributed by atoms with Gasteiger partial charge in [0.15, 0.2) is 0 Å². The molecule has 0 bridgehead atoms. The van der Waals surface area contributed by atoms with Crippen LogP contribution in [-0.2, 0) is 19.6 Å². The number of pyridine rings is 1. The second-order valence-electron chi connectivity index (χ2n) is 14.8. The van der Waals surface area contributed by atoms with Gasteiger partial charge in [-0.2, -0.15) is 4.31 Å². The van der Waals surface area contributed by atoms with Crippen LogP contribution in [-0.4, -0.2) is 91.6 Å². The molecule has 0 spiro atoms. The molecule has 0 saturated heterocycles. The first kappa shape index (κ1) is 42.3. The number of unbranched alkanes of at least 4 members (excludes halogenated alkanes) is 2. The number of hydrogen-bond acceptors (Lipinski definition) is 11. The van der Waals surface area contributed by atoms with E-state index in [1.165, 1.54) is 11.4 Å². The fraction of sp³-hybridized carbons (Fsp3) is 0.512. The minimum atomic E-state index is -4.27. The van der Waals surface area contributed by atoms with Crippen molar-refractivity contribution in [2.75, 3.05) is 40.0 Å². The van der Waals surface area contributed by atoms with Crippen molar-refractivity contribution in [2.45, 2.75) is 87.9 Å². The van der Waals surface area contributed by atoms with Gasteiger partial charge < -0.3 is 34.6 Å². The number of nitrogens with one attached hydrogen (secondary N) is 1. The van der Waals surface area contributed by atoms with Crippen molar-refractivity contribution in [2.24, 2.45) is 22.9 Å². The molecule has 6 atom stereocenters. The third-order valence-electron chi connectivity index (χ3n) is 11.4. The molecule has 2 aliphatic carbocycles. The second kappa shape index (κ2) is 18.9. The number of fused-ring (bicyclic) bond motifs is 3. The highest BCUT2D eigenvalue weighted by Gasteiger charge is 2.66. The van der Waals surface area contributed by atoms with Gasteiger partial charge in [-0.25, -0.2) is 13.2 Å². The van der Waals surface area contributed by atoms with Gasteiger partial charge in [0.25, 0.3) is 0 Å². The highest BCUT2D eigenvalue weighted by Crippen LogP contribution is 2.62. The van der Waals surface area contributed by atoms with Gasteiger partial charge >= 0.3 is 6.09 Å². The van der Waals surface area contributed by atoms with Gasteiger partial charge in [-0.15, -0.1) is 6.58 Å². The van der Waals surface area contributed by atoms with Crippen LogP contribution in [0.2, 0.25) is 0 Å². The molecule has 2 aromatic carbocycles. The molecule has 3 N–H and O–H groups in total. The van der Waals surface area contributed by atoms with Crippen molar-refractivity contribution in [3.63, 3.8) is 0 Å². The number of sulfonamides is 1. The molecule has 1 fully saturated rings. The van der Waals surface area contributed by atoms with Crippen molar-refractivity contribution in [1.29, 1.82) is 0 Å². The number of aliphatic hydroxyl groups excluding tert-OH is 2. The number of benzene rings is 2. The van der Waals surface area contributed by atoms with Crippen LogP contribution in [0, 0.1) is 17.8 Å². The summed E-state index contributed by atoms with van der Waals surface area (Å²) in [6.45, 7) is 8.44. The monoisotopic (exact) mass is 804 g/mol. The van der Waals surface area contributed by atoms with Gasteiger partial charge in [0.05, 0.1) is 29.8 Å². The molecule has 14 heteroatoms. The fourth-order valence-corrected chi connectivity index (χ4v) is 11.1. The molecule has 0 radical (unpaired) electrons. The van der Waals surface area contributed by atoms with Gasteiger partial charge in [-0.3, -0.25) is 4.98 Å². The van der Waals surface area contributed by atoms with Crippen molar-refractivity contribution in [1.82, 2.24) is 14.6 Å². The van der Waals surface area contributed by atoms with Gasteiger partial charge in [0.1, 0.15) is 23.5 Å². The molecule has 1 amide bonds. The number of ether oxygens (including phenoxy) is 3. The quantitative estimate of drug-likeness (QED) is 0.0673. The maximum absolute atomic E-state index is 15.3. The Bertz CT molecular complexity index is 2050. The second-order valence-corrected chi connectivity index (χ2v) is 16.7. The number of aliphatic hydroxyl groups is 2. The van der Waals surface area contributed by atoms with E-state index in [9.17, 15) is 15.0 Å². The molecular formula is C43H56N4O9S. The smallest absolute Gasteiger partial charge is 0.412 e. The van der Waals surface area contributed by atoms with Gasteiger partial charge in [0.2, 0.25) is 15.8 Å². The number of para-hydroxylation sites is 1. The average Bonchev–Trinajstić information content (AvgIpc) is 3.21. The maximum Gasteiger partial charge on any atom is 0.412 e. The largest absolute Gasteiger partial charge is 0.460 e. The van der Waals surface area contributed by atoms with Gasteiger partial charge in [-0.05, 0) is 86.8 Å². The molecule has 3 aliphatic rings. The number of oxime groups is 1. The van der Waals surface area contributed by atoms with E-state index in [0.29, 0.717) is 53.9 Å². The highest BCUT2D eigenvalue weighted by atomic mass is 32.2. The lowest BCUT2D eigenvalue weighted by Gasteiger charge is -2.59. The zero-order chi connectivity index (χ0) is 40.6. The van der Waals surface area contributed by atoms with Crippen LogP contribution in [0.3, 0.4) is 0 Å². The van der Waals surface area contributed by atoms with E-state index < -0.39 is 33.9 Å². The summed E-state index contributed by atoms with van der Waals surface area (Å²) in [6, 6.07) is 13.1. The summed E-state index contributed by atoms with van der Waals surface area (Å²) in [4.78, 5) is 22.8. The lowest BCUT2D eigenvalue weighted by atomic mass is 9.55. The third kappa shape index (κ3) is 8.47. The van der Waals surface area contributed by atoms with E-state index in [4.69, 9.17) is 19.0 Å². The highest BCUT2D eigenvalue weighted by molar-refractivity contribution is 7.89. The minimum Gasteiger partial charge on any atom is -0.460 e. The molecular weight excluding hydrogens is 749 g/mol. The number of hydrogen-bond donors (Lipinski definition) is 3. The normalized spacial score (nSPS) is 24.6. The maximum atomic E-state index is 15.3. The van der Waals surface area contributed by atoms with Crippen LogP contribution in [0.25, 0.3) is 10.9 Å². The summed E-state index contributed by atoms with van der Waals surface area (Å²) in [5, 5.41) is 27.7. The molecule has 1 saturated carbocycles. The Morgan fingerprint density at radius 1 is 1.11 bits per heavy atom. The number of carbonyl (C=O) groups is 1. The Balaban J connectivity index is 1.63. The predicted molar refractivity (Wildman–Crippen MR) is 218 cm³/mol. The zero-order valence-electron chi connectivity index (χ0n) is 33.1. The molecule has 1 aliphatic heterocycles. The Kier molecular flexibility index (Phi) is 14.0. The Morgan fingerprint density at radius 2 is 1.88 bits per heavy atom. The van der Waals surface area contributed by atoms with Crippen LogP contribution >= 0.6 is 0 Å². The molecule has 1 aromatic heterocycles. The SMILES string of the molecule is C=CCO[C@@]12Oc3ccc(OC(=O)NCC)cc3[C@H]3[C@H](CCCCO)[C@@H](CCCCO)C=C(C(=NOC)C[C@@H]1N(CCC)S(=O)(=O)c1cccc4cccnc14)[C@H]32. The van der Waals surface area contributed by atoms with Crippen LogP contribution in [0.5, 0.6) is 11.5 Å². The molecule has 308 valence electrons. The first-order valence-electron chi connectivity index (χ1n) is 20.1. The summed E-state index contributed by atoms with van der Waals surface area (Å²) in [7, 11) is -2.79. The Labute approximate surface area is 335 Å².